The summed E-state index contributed by atoms with van der Waals surface area (Å²) in [7, 11) is -0.665. The number of rotatable bonds is 0. The maximum Gasteiger partial charge on any atom is 0.0418 e. The van der Waals surface area contributed by atoms with Gasteiger partial charge in [-0.25, -0.2) is 0 Å². The Kier molecular flexibility index (Phi) is 2.61. The van der Waals surface area contributed by atoms with Crippen LogP contribution in [-0.2, 0) is 10.7 Å². The van der Waals surface area contributed by atoms with Crippen LogP contribution in [0.25, 0.3) is 12.2 Å². The van der Waals surface area contributed by atoms with E-state index in [1.54, 1.807) is 0 Å². The van der Waals surface area contributed by atoms with Gasteiger partial charge >= 0.3 is 0 Å². The van der Waals surface area contributed by atoms with Crippen LogP contribution in [0.3, 0.4) is 0 Å². The van der Waals surface area contributed by atoms with E-state index in [4.69, 9.17) is 16.4 Å². The third-order valence-corrected chi connectivity index (χ3v) is 4.62. The van der Waals surface area contributed by atoms with Crippen LogP contribution < -0.4 is 0 Å². The molecule has 0 saturated carbocycles. The Bertz CT molecular complexity index is 646. The van der Waals surface area contributed by atoms with Gasteiger partial charge in [-0.3, -0.25) is 4.78 Å². The molecule has 1 heterocycles. The van der Waals surface area contributed by atoms with Crippen molar-refractivity contribution >= 4 is 34.4 Å². The van der Waals surface area contributed by atoms with E-state index in [2.05, 4.69) is 12.2 Å². The first-order chi connectivity index (χ1) is 8.25. The number of halogens is 1. The van der Waals surface area contributed by atoms with Crippen LogP contribution in [0, 0.1) is 4.78 Å². The first-order valence-corrected chi connectivity index (χ1v) is 6.88. The van der Waals surface area contributed by atoms with Crippen LogP contribution in [0.2, 0.25) is 5.02 Å². The van der Waals surface area contributed by atoms with Gasteiger partial charge in [0.2, 0.25) is 0 Å². The molecule has 0 amide bonds. The Morgan fingerprint density at radius 1 is 0.882 bits per heavy atom. The molecule has 0 radical (unpaired) electrons. The van der Waals surface area contributed by atoms with Gasteiger partial charge in [0.1, 0.15) is 0 Å². The second-order valence-electron chi connectivity index (χ2n) is 3.86. The number of fused-ring (bicyclic) bond motifs is 2. The normalized spacial score (nSPS) is 17.1. The third-order valence-electron chi connectivity index (χ3n) is 2.78. The summed E-state index contributed by atoms with van der Waals surface area (Å²) in [4.78, 5) is 2.06. The molecule has 84 valence electrons. The van der Waals surface area contributed by atoms with Gasteiger partial charge in [-0.05, 0) is 40.0 Å². The zero-order valence-corrected chi connectivity index (χ0v) is 10.6. The molecule has 1 atom stereocenters. The van der Waals surface area contributed by atoms with Crippen LogP contribution in [-0.4, -0.2) is 0 Å². The van der Waals surface area contributed by atoms with Gasteiger partial charge in [0, 0.05) is 14.8 Å². The Morgan fingerprint density at radius 3 is 2.41 bits per heavy atom. The summed E-state index contributed by atoms with van der Waals surface area (Å²) in [6.45, 7) is 0. The van der Waals surface area contributed by atoms with E-state index in [-0.39, 0.29) is 0 Å². The number of hydrogen-bond donors (Lipinski definition) is 1. The fourth-order valence-electron chi connectivity index (χ4n) is 1.92. The molecule has 0 fully saturated rings. The lowest BCUT2D eigenvalue weighted by atomic mass is 10.1. The highest BCUT2D eigenvalue weighted by molar-refractivity contribution is 7.86. The lowest BCUT2D eigenvalue weighted by Gasteiger charge is -2.09. The van der Waals surface area contributed by atoms with Gasteiger partial charge < -0.3 is 0 Å². The Morgan fingerprint density at radius 2 is 1.59 bits per heavy atom. The van der Waals surface area contributed by atoms with Gasteiger partial charge in [0.15, 0.2) is 0 Å². The molecule has 3 heteroatoms. The highest BCUT2D eigenvalue weighted by atomic mass is 35.5. The second kappa shape index (κ2) is 4.13. The van der Waals surface area contributed by atoms with E-state index in [1.807, 2.05) is 42.5 Å². The van der Waals surface area contributed by atoms with E-state index in [1.165, 1.54) is 0 Å². The maximum atomic E-state index is 8.40. The van der Waals surface area contributed by atoms with Crippen molar-refractivity contribution in [2.45, 2.75) is 9.79 Å². The van der Waals surface area contributed by atoms with Gasteiger partial charge in [-0.2, -0.15) is 0 Å². The lowest BCUT2D eigenvalue weighted by molar-refractivity contribution is 1.34. The minimum absolute atomic E-state index is 0.665. The molecule has 2 aromatic carbocycles. The Labute approximate surface area is 108 Å². The maximum absolute atomic E-state index is 8.40. The molecule has 0 aromatic heterocycles. The topological polar surface area (TPSA) is 23.9 Å². The van der Waals surface area contributed by atoms with E-state index < -0.39 is 10.7 Å². The van der Waals surface area contributed by atoms with Gasteiger partial charge in [0.05, 0.1) is 0 Å². The molecule has 1 nitrogen and oxygen atoms in total. The van der Waals surface area contributed by atoms with Crippen LogP contribution in [0.5, 0.6) is 0 Å². The van der Waals surface area contributed by atoms with Crippen molar-refractivity contribution in [2.75, 3.05) is 0 Å². The zero-order valence-electron chi connectivity index (χ0n) is 8.98. The van der Waals surface area contributed by atoms with Crippen LogP contribution in [0.1, 0.15) is 11.1 Å². The van der Waals surface area contributed by atoms with E-state index in [0.717, 1.165) is 20.9 Å². The monoisotopic (exact) mass is 259 g/mol. The van der Waals surface area contributed by atoms with Crippen molar-refractivity contribution in [3.8, 4) is 0 Å². The number of hydrogen-bond acceptors (Lipinski definition) is 1. The van der Waals surface area contributed by atoms with Crippen molar-refractivity contribution in [3.63, 3.8) is 0 Å². The van der Waals surface area contributed by atoms with E-state index in [9.17, 15) is 0 Å². The minimum Gasteiger partial charge on any atom is -0.271 e. The molecule has 17 heavy (non-hydrogen) atoms. The standard InChI is InChI=1S/C14H10ClNS/c15-12-8-7-11-6-5-10-3-1-2-4-13(10)17(16)14(11)9-12/h1-9,16H. The summed E-state index contributed by atoms with van der Waals surface area (Å²) in [6, 6.07) is 13.8. The average molecular weight is 260 g/mol. The number of nitrogens with one attached hydrogen (secondary N) is 1. The smallest absolute Gasteiger partial charge is 0.0418 e. The molecular weight excluding hydrogens is 250 g/mol. The van der Waals surface area contributed by atoms with Crippen molar-refractivity contribution in [1.29, 1.82) is 4.78 Å². The largest absolute Gasteiger partial charge is 0.271 e. The summed E-state index contributed by atoms with van der Waals surface area (Å²) in [5.41, 5.74) is 2.21. The summed E-state index contributed by atoms with van der Waals surface area (Å²) in [5, 5.41) is 0.696. The predicted octanol–water partition coefficient (Wildman–Crippen LogP) is 4.62. The lowest BCUT2D eigenvalue weighted by Crippen LogP contribution is -1.94. The molecule has 0 aliphatic carbocycles. The molecule has 0 saturated heterocycles. The molecule has 0 bridgehead atoms. The van der Waals surface area contributed by atoms with Crippen LogP contribution >= 0.6 is 11.6 Å². The predicted molar refractivity (Wildman–Crippen MR) is 73.4 cm³/mol. The Balaban J connectivity index is 2.29. The first-order valence-electron chi connectivity index (χ1n) is 5.28. The molecule has 0 spiro atoms. The summed E-state index contributed by atoms with van der Waals surface area (Å²) < 4.78 is 8.40. The summed E-state index contributed by atoms with van der Waals surface area (Å²) in [6.07, 6.45) is 4.13. The zero-order chi connectivity index (χ0) is 11.8. The molecule has 1 aliphatic heterocycles. The molecule has 2 aromatic rings. The van der Waals surface area contributed by atoms with Gasteiger partial charge in [-0.1, -0.05) is 48.0 Å². The fourth-order valence-corrected chi connectivity index (χ4v) is 3.60. The highest BCUT2D eigenvalue weighted by Gasteiger charge is 2.13. The first kappa shape index (κ1) is 10.8. The van der Waals surface area contributed by atoms with Crippen molar-refractivity contribution in [1.82, 2.24) is 0 Å². The SMILES string of the molecule is N=S1c2ccccc2C=Cc2ccc(Cl)cc21. The minimum atomic E-state index is -0.665. The molecule has 1 N–H and O–H groups in total. The molecule has 1 aliphatic rings. The van der Waals surface area contributed by atoms with Crippen LogP contribution in [0.4, 0.5) is 0 Å². The quantitative estimate of drug-likeness (QED) is 0.609. The molecule has 1 unspecified atom stereocenters. The Hall–Kier alpha value is -1.38. The fraction of sp³-hybridized carbons (Fsp3) is 0. The third kappa shape index (κ3) is 1.84. The van der Waals surface area contributed by atoms with Crippen molar-refractivity contribution in [2.24, 2.45) is 0 Å². The van der Waals surface area contributed by atoms with Gasteiger partial charge in [0.25, 0.3) is 0 Å². The van der Waals surface area contributed by atoms with Crippen molar-refractivity contribution < 1.29 is 0 Å². The van der Waals surface area contributed by atoms with E-state index >= 15 is 0 Å². The molecular formula is C14H10ClNS. The average Bonchev–Trinajstić information content (AvgIpc) is 2.49. The summed E-state index contributed by atoms with van der Waals surface area (Å²) >= 11 is 6.02. The van der Waals surface area contributed by atoms with Crippen molar-refractivity contribution in [3.05, 3.63) is 58.6 Å². The molecule has 3 rings (SSSR count). The number of benzene rings is 2. The van der Waals surface area contributed by atoms with Crippen LogP contribution in [0.15, 0.2) is 52.3 Å². The summed E-state index contributed by atoms with van der Waals surface area (Å²) in [5.74, 6) is 0. The highest BCUT2D eigenvalue weighted by Crippen LogP contribution is 2.31. The second-order valence-corrected chi connectivity index (χ2v) is 5.79. The van der Waals surface area contributed by atoms with E-state index in [0.29, 0.717) is 5.02 Å². The van der Waals surface area contributed by atoms with Gasteiger partial charge in [-0.15, -0.1) is 0 Å².